The summed E-state index contributed by atoms with van der Waals surface area (Å²) in [5, 5.41) is 4.65. The van der Waals surface area contributed by atoms with Crippen LogP contribution in [0.5, 0.6) is 0 Å². The molecule has 0 bridgehead atoms. The monoisotopic (exact) mass is 294 g/mol. The van der Waals surface area contributed by atoms with Crippen molar-refractivity contribution in [3.63, 3.8) is 0 Å². The van der Waals surface area contributed by atoms with Crippen LogP contribution in [0, 0.1) is 6.92 Å². The molecule has 3 N–H and O–H groups in total. The molecule has 2 aromatic rings. The normalized spacial score (nSPS) is 12.2. The molecule has 0 aliphatic heterocycles. The Bertz CT molecular complexity index is 570. The second-order valence-corrected chi connectivity index (χ2v) is 5.31. The predicted octanol–water partition coefficient (Wildman–Crippen LogP) is 4.41. The van der Waals surface area contributed by atoms with Crippen LogP contribution in [0.1, 0.15) is 17.2 Å². The van der Waals surface area contributed by atoms with Crippen LogP contribution in [0.2, 0.25) is 10.0 Å². The van der Waals surface area contributed by atoms with E-state index in [1.54, 1.807) is 6.07 Å². The van der Waals surface area contributed by atoms with Gasteiger partial charge in [-0.25, -0.2) is 0 Å². The van der Waals surface area contributed by atoms with Crippen molar-refractivity contribution in [2.45, 2.75) is 13.0 Å². The van der Waals surface area contributed by atoms with Gasteiger partial charge in [-0.1, -0.05) is 41.4 Å². The van der Waals surface area contributed by atoms with Crippen LogP contribution in [0.3, 0.4) is 0 Å². The molecule has 2 aromatic carbocycles. The van der Waals surface area contributed by atoms with Crippen LogP contribution in [-0.2, 0) is 0 Å². The molecule has 0 saturated carbocycles. The molecule has 0 aromatic heterocycles. The number of hydrogen-bond donors (Lipinski definition) is 2. The third-order valence-corrected chi connectivity index (χ3v) is 3.50. The first-order chi connectivity index (χ1) is 9.10. The lowest BCUT2D eigenvalue weighted by Crippen LogP contribution is -2.21. The molecule has 1 atom stereocenters. The van der Waals surface area contributed by atoms with Gasteiger partial charge in [-0.05, 0) is 42.3 Å². The average molecular weight is 295 g/mol. The molecule has 0 aliphatic carbocycles. The van der Waals surface area contributed by atoms with E-state index in [2.05, 4.69) is 24.4 Å². The van der Waals surface area contributed by atoms with E-state index in [0.717, 1.165) is 11.3 Å². The van der Waals surface area contributed by atoms with Gasteiger partial charge < -0.3 is 11.1 Å². The number of aryl methyl sites for hydroxylation is 1. The van der Waals surface area contributed by atoms with Crippen molar-refractivity contribution in [3.8, 4) is 0 Å². The van der Waals surface area contributed by atoms with Crippen molar-refractivity contribution in [3.05, 3.63) is 63.6 Å². The summed E-state index contributed by atoms with van der Waals surface area (Å²) in [6, 6.07) is 13.6. The van der Waals surface area contributed by atoms with Crippen LogP contribution in [0.15, 0.2) is 42.5 Å². The number of hydrogen-bond acceptors (Lipinski definition) is 2. The summed E-state index contributed by atoms with van der Waals surface area (Å²) in [5.74, 6) is 0. The Morgan fingerprint density at radius 1 is 1.16 bits per heavy atom. The quantitative estimate of drug-likeness (QED) is 0.876. The molecule has 0 radical (unpaired) electrons. The fourth-order valence-corrected chi connectivity index (χ4v) is 2.52. The van der Waals surface area contributed by atoms with Gasteiger partial charge in [0.1, 0.15) is 0 Å². The van der Waals surface area contributed by atoms with Crippen LogP contribution < -0.4 is 11.1 Å². The molecule has 0 amide bonds. The fraction of sp³-hybridized carbons (Fsp3) is 0.200. The highest BCUT2D eigenvalue weighted by molar-refractivity contribution is 6.35. The summed E-state index contributed by atoms with van der Waals surface area (Å²) in [6.45, 7) is 2.51. The minimum atomic E-state index is -0.0356. The molecule has 0 heterocycles. The number of rotatable bonds is 4. The standard InChI is InChI=1S/C15H16Cl2N2/c1-10-3-2-4-12(7-10)19-15(9-18)13-6-5-11(16)8-14(13)17/h2-8,15,19H,9,18H2,1H3. The first kappa shape index (κ1) is 14.2. The number of anilines is 1. The minimum absolute atomic E-state index is 0.0356. The molecule has 100 valence electrons. The van der Waals surface area contributed by atoms with E-state index in [9.17, 15) is 0 Å². The van der Waals surface area contributed by atoms with Gasteiger partial charge in [-0.15, -0.1) is 0 Å². The van der Waals surface area contributed by atoms with E-state index in [1.807, 2.05) is 24.3 Å². The molecule has 2 nitrogen and oxygen atoms in total. The van der Waals surface area contributed by atoms with E-state index < -0.39 is 0 Å². The van der Waals surface area contributed by atoms with Crippen molar-refractivity contribution in [2.75, 3.05) is 11.9 Å². The summed E-state index contributed by atoms with van der Waals surface area (Å²) in [7, 11) is 0. The highest BCUT2D eigenvalue weighted by Crippen LogP contribution is 2.28. The third-order valence-electron chi connectivity index (χ3n) is 2.93. The van der Waals surface area contributed by atoms with Crippen molar-refractivity contribution in [1.82, 2.24) is 0 Å². The Hall–Kier alpha value is -1.22. The van der Waals surface area contributed by atoms with Crippen LogP contribution >= 0.6 is 23.2 Å². The van der Waals surface area contributed by atoms with E-state index >= 15 is 0 Å². The largest absolute Gasteiger partial charge is 0.377 e. The van der Waals surface area contributed by atoms with E-state index in [-0.39, 0.29) is 6.04 Å². The molecule has 0 aliphatic rings. The van der Waals surface area contributed by atoms with Gasteiger partial charge in [0.2, 0.25) is 0 Å². The molecule has 1 unspecified atom stereocenters. The van der Waals surface area contributed by atoms with Crippen LogP contribution in [0.25, 0.3) is 0 Å². The SMILES string of the molecule is Cc1cccc(NC(CN)c2ccc(Cl)cc2Cl)c1. The Morgan fingerprint density at radius 2 is 1.95 bits per heavy atom. The van der Waals surface area contributed by atoms with Gasteiger partial charge in [0.15, 0.2) is 0 Å². The lowest BCUT2D eigenvalue weighted by Gasteiger charge is -2.20. The van der Waals surface area contributed by atoms with E-state index in [0.29, 0.717) is 16.6 Å². The average Bonchev–Trinajstić information content (AvgIpc) is 2.37. The molecule has 4 heteroatoms. The highest BCUT2D eigenvalue weighted by atomic mass is 35.5. The van der Waals surface area contributed by atoms with Gasteiger partial charge >= 0.3 is 0 Å². The number of benzene rings is 2. The molecule has 0 spiro atoms. The van der Waals surface area contributed by atoms with Gasteiger partial charge in [-0.3, -0.25) is 0 Å². The zero-order chi connectivity index (χ0) is 13.8. The Balaban J connectivity index is 2.25. The lowest BCUT2D eigenvalue weighted by atomic mass is 10.1. The van der Waals surface area contributed by atoms with Crippen molar-refractivity contribution in [2.24, 2.45) is 5.73 Å². The zero-order valence-corrected chi connectivity index (χ0v) is 12.2. The topological polar surface area (TPSA) is 38.0 Å². The van der Waals surface area contributed by atoms with Crippen molar-refractivity contribution >= 4 is 28.9 Å². The second kappa shape index (κ2) is 6.29. The maximum Gasteiger partial charge on any atom is 0.0650 e. The Morgan fingerprint density at radius 3 is 2.58 bits per heavy atom. The summed E-state index contributed by atoms with van der Waals surface area (Å²) in [6.07, 6.45) is 0. The van der Waals surface area contributed by atoms with E-state index in [4.69, 9.17) is 28.9 Å². The molecule has 0 fully saturated rings. The number of halogens is 2. The lowest BCUT2D eigenvalue weighted by molar-refractivity contribution is 0.790. The predicted molar refractivity (Wildman–Crippen MR) is 83.1 cm³/mol. The first-order valence-electron chi connectivity index (χ1n) is 6.08. The number of nitrogens with two attached hydrogens (primary N) is 1. The second-order valence-electron chi connectivity index (χ2n) is 4.47. The maximum atomic E-state index is 6.22. The Kier molecular flexibility index (Phi) is 4.70. The zero-order valence-electron chi connectivity index (χ0n) is 10.7. The van der Waals surface area contributed by atoms with Gasteiger partial charge in [-0.2, -0.15) is 0 Å². The van der Waals surface area contributed by atoms with Crippen LogP contribution in [0.4, 0.5) is 5.69 Å². The third kappa shape index (κ3) is 3.63. The van der Waals surface area contributed by atoms with Gasteiger partial charge in [0, 0.05) is 22.3 Å². The summed E-state index contributed by atoms with van der Waals surface area (Å²) in [5.41, 5.74) is 9.02. The summed E-state index contributed by atoms with van der Waals surface area (Å²) < 4.78 is 0. The Labute approximate surface area is 123 Å². The van der Waals surface area contributed by atoms with Crippen molar-refractivity contribution in [1.29, 1.82) is 0 Å². The van der Waals surface area contributed by atoms with Gasteiger partial charge in [0.25, 0.3) is 0 Å². The summed E-state index contributed by atoms with van der Waals surface area (Å²) in [4.78, 5) is 0. The minimum Gasteiger partial charge on any atom is -0.377 e. The first-order valence-corrected chi connectivity index (χ1v) is 6.84. The van der Waals surface area contributed by atoms with Gasteiger partial charge in [0.05, 0.1) is 6.04 Å². The number of nitrogens with one attached hydrogen (secondary N) is 1. The molecular weight excluding hydrogens is 279 g/mol. The van der Waals surface area contributed by atoms with Crippen LogP contribution in [-0.4, -0.2) is 6.54 Å². The van der Waals surface area contributed by atoms with Crippen molar-refractivity contribution < 1.29 is 0 Å². The molecule has 2 rings (SSSR count). The van der Waals surface area contributed by atoms with E-state index in [1.165, 1.54) is 5.56 Å². The summed E-state index contributed by atoms with van der Waals surface area (Å²) >= 11 is 12.1. The highest BCUT2D eigenvalue weighted by Gasteiger charge is 2.13. The smallest absolute Gasteiger partial charge is 0.0650 e. The molecule has 0 saturated heterocycles. The maximum absolute atomic E-state index is 6.22. The fourth-order valence-electron chi connectivity index (χ4n) is 1.98. The molecule has 19 heavy (non-hydrogen) atoms. The molecular formula is C15H16Cl2N2.